The van der Waals surface area contributed by atoms with E-state index in [1.54, 1.807) is 19.9 Å². The quantitative estimate of drug-likeness (QED) is 0.825. The summed E-state index contributed by atoms with van der Waals surface area (Å²) >= 11 is 1.50. The average Bonchev–Trinajstić information content (AvgIpc) is 3.14. The smallest absolute Gasteiger partial charge is 0.252 e. The first kappa shape index (κ1) is 17.8. The van der Waals surface area contributed by atoms with Gasteiger partial charge in [-0.15, -0.1) is 0 Å². The molecular formula is C16H24N2O4S2. The fourth-order valence-corrected chi connectivity index (χ4v) is 5.46. The van der Waals surface area contributed by atoms with Crippen LogP contribution in [0.2, 0.25) is 0 Å². The molecule has 1 amide bonds. The third-order valence-corrected chi connectivity index (χ3v) is 7.86. The van der Waals surface area contributed by atoms with Crippen molar-refractivity contribution in [2.45, 2.75) is 37.5 Å². The Morgan fingerprint density at radius 2 is 2.25 bits per heavy atom. The second-order valence-corrected chi connectivity index (χ2v) is 10.1. The van der Waals surface area contributed by atoms with Crippen LogP contribution in [0.25, 0.3) is 0 Å². The number of carbonyl (C=O) groups excluding carboxylic acids is 1. The lowest BCUT2D eigenvalue weighted by atomic mass is 9.80. The van der Waals surface area contributed by atoms with Crippen molar-refractivity contribution in [2.24, 2.45) is 5.92 Å². The number of thiophene rings is 1. The molecule has 2 aliphatic heterocycles. The maximum absolute atomic E-state index is 12.2. The number of amides is 1. The monoisotopic (exact) mass is 372 g/mol. The van der Waals surface area contributed by atoms with E-state index in [-0.39, 0.29) is 11.5 Å². The van der Waals surface area contributed by atoms with Crippen LogP contribution in [-0.4, -0.2) is 55.7 Å². The van der Waals surface area contributed by atoms with E-state index in [1.165, 1.54) is 15.6 Å². The van der Waals surface area contributed by atoms with Crippen molar-refractivity contribution in [2.75, 3.05) is 26.2 Å². The molecule has 0 saturated carbocycles. The van der Waals surface area contributed by atoms with Gasteiger partial charge in [0.05, 0.1) is 10.9 Å². The summed E-state index contributed by atoms with van der Waals surface area (Å²) in [7, 11) is -3.21. The number of sulfonamides is 1. The molecule has 0 radical (unpaired) electrons. The molecule has 1 atom stereocenters. The predicted molar refractivity (Wildman–Crippen MR) is 93.7 cm³/mol. The molecule has 1 aromatic rings. The molecule has 2 fully saturated rings. The molecule has 8 heteroatoms. The number of hydrogen-bond donors (Lipinski definition) is 1. The van der Waals surface area contributed by atoms with E-state index in [1.807, 2.05) is 10.8 Å². The Bertz CT molecular complexity index is 679. The fourth-order valence-electron chi connectivity index (χ4n) is 3.43. The van der Waals surface area contributed by atoms with Gasteiger partial charge in [-0.2, -0.15) is 15.6 Å². The number of ether oxygens (including phenoxy) is 1. The minimum atomic E-state index is -3.21. The van der Waals surface area contributed by atoms with Gasteiger partial charge in [-0.3, -0.25) is 4.79 Å². The summed E-state index contributed by atoms with van der Waals surface area (Å²) in [6.07, 6.45) is 1.73. The van der Waals surface area contributed by atoms with Crippen LogP contribution in [0.15, 0.2) is 16.8 Å². The van der Waals surface area contributed by atoms with E-state index < -0.39 is 15.3 Å². The first-order valence-electron chi connectivity index (χ1n) is 8.28. The molecule has 0 unspecified atom stereocenters. The van der Waals surface area contributed by atoms with Gasteiger partial charge in [-0.05, 0) is 44.1 Å². The van der Waals surface area contributed by atoms with Gasteiger partial charge in [0.15, 0.2) is 0 Å². The van der Waals surface area contributed by atoms with Crippen molar-refractivity contribution in [3.05, 3.63) is 22.4 Å². The molecule has 0 bridgehead atoms. The second kappa shape index (κ2) is 6.74. The summed E-state index contributed by atoms with van der Waals surface area (Å²) in [5.74, 6) is 0.237. The number of nitrogens with one attached hydrogen (secondary N) is 1. The topological polar surface area (TPSA) is 75.7 Å². The zero-order chi connectivity index (χ0) is 17.4. The highest BCUT2D eigenvalue weighted by Crippen LogP contribution is 2.43. The Labute approximate surface area is 147 Å². The summed E-state index contributed by atoms with van der Waals surface area (Å²) in [6.45, 7) is 5.54. The Hall–Kier alpha value is -0.960. The van der Waals surface area contributed by atoms with E-state index in [0.717, 1.165) is 12.8 Å². The molecule has 0 aliphatic carbocycles. The summed E-state index contributed by atoms with van der Waals surface area (Å²) in [4.78, 5) is 12.0. The third kappa shape index (κ3) is 3.24. The first-order chi connectivity index (χ1) is 11.3. The Morgan fingerprint density at radius 3 is 2.88 bits per heavy atom. The molecule has 2 saturated heterocycles. The first-order valence-corrected chi connectivity index (χ1v) is 10.7. The van der Waals surface area contributed by atoms with Gasteiger partial charge < -0.3 is 10.1 Å². The van der Waals surface area contributed by atoms with Gasteiger partial charge in [-0.1, -0.05) is 0 Å². The molecule has 3 heterocycles. The van der Waals surface area contributed by atoms with Gasteiger partial charge in [0.25, 0.3) is 5.91 Å². The van der Waals surface area contributed by atoms with Crippen LogP contribution < -0.4 is 5.32 Å². The highest BCUT2D eigenvalue weighted by atomic mass is 32.2. The highest BCUT2D eigenvalue weighted by Gasteiger charge is 2.56. The number of carbonyl (C=O) groups is 1. The molecular weight excluding hydrogens is 348 g/mol. The van der Waals surface area contributed by atoms with Crippen molar-refractivity contribution < 1.29 is 17.9 Å². The standard InChI is InChI=1S/C16H24N2O4S2/c1-12(2)24(20,21)18-10-16(11-18)14(4-7-22-16)3-6-17-15(19)13-5-8-23-9-13/h5,8-9,12,14H,3-4,6-7,10-11H2,1-2H3,(H,17,19)/t14-/m0/s1. The van der Waals surface area contributed by atoms with Crippen LogP contribution in [0.5, 0.6) is 0 Å². The molecule has 3 rings (SSSR count). The number of hydrogen-bond acceptors (Lipinski definition) is 5. The van der Waals surface area contributed by atoms with Crippen LogP contribution in [0, 0.1) is 5.92 Å². The van der Waals surface area contributed by atoms with E-state index >= 15 is 0 Å². The Morgan fingerprint density at radius 1 is 1.50 bits per heavy atom. The van der Waals surface area contributed by atoms with Gasteiger partial charge in [0.1, 0.15) is 0 Å². The zero-order valence-electron chi connectivity index (χ0n) is 14.0. The molecule has 24 heavy (non-hydrogen) atoms. The molecule has 6 nitrogen and oxygen atoms in total. The largest absolute Gasteiger partial charge is 0.372 e. The number of nitrogens with zero attached hydrogens (tertiary/aromatic N) is 1. The van der Waals surface area contributed by atoms with Gasteiger partial charge in [0.2, 0.25) is 10.0 Å². The molecule has 1 aromatic heterocycles. The normalized spacial score (nSPS) is 23.5. The van der Waals surface area contributed by atoms with Gasteiger partial charge >= 0.3 is 0 Å². The van der Waals surface area contributed by atoms with E-state index in [9.17, 15) is 13.2 Å². The predicted octanol–water partition coefficient (Wildman–Crippen LogP) is 1.70. The van der Waals surface area contributed by atoms with Crippen molar-refractivity contribution in [1.29, 1.82) is 0 Å². The molecule has 1 N–H and O–H groups in total. The summed E-state index contributed by atoms with van der Waals surface area (Å²) in [5.41, 5.74) is 0.338. The lowest BCUT2D eigenvalue weighted by Gasteiger charge is -2.49. The fraction of sp³-hybridized carbons (Fsp3) is 0.688. The minimum Gasteiger partial charge on any atom is -0.372 e. The minimum absolute atomic E-state index is 0.0539. The van der Waals surface area contributed by atoms with E-state index in [4.69, 9.17) is 4.74 Å². The van der Waals surface area contributed by atoms with Crippen molar-refractivity contribution in [3.63, 3.8) is 0 Å². The zero-order valence-corrected chi connectivity index (χ0v) is 15.7. The third-order valence-electron chi connectivity index (χ3n) is 5.01. The van der Waals surface area contributed by atoms with Crippen molar-refractivity contribution in [3.8, 4) is 0 Å². The van der Waals surface area contributed by atoms with E-state index in [2.05, 4.69) is 5.32 Å². The lowest BCUT2D eigenvalue weighted by molar-refractivity contribution is -0.102. The van der Waals surface area contributed by atoms with Crippen LogP contribution >= 0.6 is 11.3 Å². The van der Waals surface area contributed by atoms with Crippen LogP contribution in [0.1, 0.15) is 37.0 Å². The second-order valence-electron chi connectivity index (χ2n) is 6.82. The van der Waals surface area contributed by atoms with Crippen LogP contribution in [0.3, 0.4) is 0 Å². The van der Waals surface area contributed by atoms with Gasteiger partial charge in [0, 0.05) is 37.2 Å². The van der Waals surface area contributed by atoms with Crippen LogP contribution in [-0.2, 0) is 14.8 Å². The maximum Gasteiger partial charge on any atom is 0.252 e. The molecule has 2 aliphatic rings. The van der Waals surface area contributed by atoms with Crippen LogP contribution in [0.4, 0.5) is 0 Å². The number of rotatable bonds is 6. The Balaban J connectivity index is 1.51. The summed E-state index contributed by atoms with van der Waals surface area (Å²) < 4.78 is 31.9. The molecule has 1 spiro atoms. The SMILES string of the molecule is CC(C)S(=O)(=O)N1CC2(C1)OCC[C@@H]2CCNC(=O)c1ccsc1. The van der Waals surface area contributed by atoms with Gasteiger partial charge in [-0.25, -0.2) is 8.42 Å². The Kier molecular flexibility index (Phi) is 5.01. The average molecular weight is 373 g/mol. The molecule has 134 valence electrons. The van der Waals surface area contributed by atoms with Crippen molar-refractivity contribution >= 4 is 27.3 Å². The summed E-state index contributed by atoms with van der Waals surface area (Å²) in [5, 5.41) is 6.25. The summed E-state index contributed by atoms with van der Waals surface area (Å²) in [6, 6.07) is 1.81. The molecule has 0 aromatic carbocycles. The lowest BCUT2D eigenvalue weighted by Crippen LogP contribution is -2.67. The van der Waals surface area contributed by atoms with Crippen molar-refractivity contribution in [1.82, 2.24) is 9.62 Å². The maximum atomic E-state index is 12.2. The van der Waals surface area contributed by atoms with E-state index in [0.29, 0.717) is 37.7 Å². The highest BCUT2D eigenvalue weighted by molar-refractivity contribution is 7.89.